The lowest BCUT2D eigenvalue weighted by molar-refractivity contribution is -0.164. The van der Waals surface area contributed by atoms with Crippen LogP contribution in [0.4, 0.5) is 0 Å². The Morgan fingerprint density at radius 2 is 1.63 bits per heavy atom. The van der Waals surface area contributed by atoms with E-state index in [0.29, 0.717) is 17.5 Å². The van der Waals surface area contributed by atoms with Gasteiger partial charge in [0, 0.05) is 43.3 Å². The second kappa shape index (κ2) is 17.1. The number of fused-ring (bicyclic) bond motifs is 1. The number of allylic oxidation sites excluding steroid dienone is 1. The molecule has 0 saturated heterocycles. The third kappa shape index (κ3) is 10.0. The monoisotopic (exact) mass is 760 g/mol. The summed E-state index contributed by atoms with van der Waals surface area (Å²) in [5.41, 5.74) is 2.47. The molecule has 1 aliphatic rings. The maximum absolute atomic E-state index is 14.5. The zero-order chi connectivity index (χ0) is 38.5. The average molecular weight is 761 g/mol. The second-order valence-corrected chi connectivity index (χ2v) is 14.8. The molecule has 1 aliphatic heterocycles. The highest BCUT2D eigenvalue weighted by Crippen LogP contribution is 2.38. The first-order valence-electron chi connectivity index (χ1n) is 16.8. The zero-order valence-corrected chi connectivity index (χ0v) is 31.7. The average Bonchev–Trinajstić information content (AvgIpc) is 3.39. The molecule has 2 heterocycles. The Morgan fingerprint density at radius 1 is 0.981 bits per heavy atom. The molecule has 14 nitrogen and oxygen atoms in total. The van der Waals surface area contributed by atoms with Crippen molar-refractivity contribution < 1.29 is 47.5 Å². The highest BCUT2D eigenvalue weighted by atomic mass is 35.5. The number of ether oxygens (including phenoxy) is 2. The number of hydrogen-bond acceptors (Lipinski definition) is 8. The minimum Gasteiger partial charge on any atom is -0.460 e. The first-order chi connectivity index (χ1) is 24.4. The van der Waals surface area contributed by atoms with Gasteiger partial charge in [0.15, 0.2) is 6.10 Å². The number of aromatic amines is 1. The normalized spacial score (nSPS) is 26.2. The van der Waals surface area contributed by atoms with E-state index in [-0.39, 0.29) is 29.1 Å². The number of benzene rings is 2. The van der Waals surface area contributed by atoms with Gasteiger partial charge in [-0.25, -0.2) is 9.36 Å². The van der Waals surface area contributed by atoms with Gasteiger partial charge in [-0.3, -0.25) is 24.2 Å². The highest BCUT2D eigenvalue weighted by Gasteiger charge is 2.38. The predicted molar refractivity (Wildman–Crippen MR) is 194 cm³/mol. The molecule has 0 aliphatic carbocycles. The molecule has 0 bridgehead atoms. The standard InChI is InChI=1S/C36H46ClN4O10P/c1-19-16-20(2)23(5)50-36(45)31(49-7)30(24-12-14-25(15-13-24)51-52(46,47)48)40-34(43)29(18-27-26-10-8-9-11-28(26)39-32(27)37)41(6)35(44)22(4)38-33(42)21(3)17-19/h8-16,20-23,29-31,39H,17-18H2,1-7H3,(H,38,42)(H,40,43)(H2,46,47,48)/t20-,21-,22-,23+,29+,30?,31-/m0/s1. The highest BCUT2D eigenvalue weighted by molar-refractivity contribution is 7.46. The molecule has 4 rings (SSSR count). The van der Waals surface area contributed by atoms with Gasteiger partial charge in [-0.15, -0.1) is 0 Å². The lowest BCUT2D eigenvalue weighted by Gasteiger charge is -2.33. The van der Waals surface area contributed by atoms with Crippen LogP contribution >= 0.6 is 19.4 Å². The van der Waals surface area contributed by atoms with E-state index >= 15 is 0 Å². The summed E-state index contributed by atoms with van der Waals surface area (Å²) in [6, 6.07) is 9.21. The summed E-state index contributed by atoms with van der Waals surface area (Å²) in [7, 11) is -2.15. The van der Waals surface area contributed by atoms with Gasteiger partial charge < -0.3 is 34.5 Å². The third-order valence-corrected chi connectivity index (χ3v) is 9.99. The van der Waals surface area contributed by atoms with Crippen molar-refractivity contribution in [2.24, 2.45) is 11.8 Å². The maximum atomic E-state index is 14.5. The molecule has 1 unspecified atom stereocenters. The van der Waals surface area contributed by atoms with Gasteiger partial charge in [-0.2, -0.15) is 0 Å². The van der Waals surface area contributed by atoms with E-state index < -0.39 is 61.9 Å². The van der Waals surface area contributed by atoms with Crippen LogP contribution in [0.25, 0.3) is 10.9 Å². The summed E-state index contributed by atoms with van der Waals surface area (Å²) in [5.74, 6) is -3.30. The van der Waals surface area contributed by atoms with Crippen LogP contribution in [0.15, 0.2) is 60.2 Å². The van der Waals surface area contributed by atoms with E-state index in [1.54, 1.807) is 20.8 Å². The summed E-state index contributed by atoms with van der Waals surface area (Å²) in [5, 5.41) is 6.67. The van der Waals surface area contributed by atoms with Crippen molar-refractivity contribution in [2.75, 3.05) is 14.2 Å². The second-order valence-electron chi connectivity index (χ2n) is 13.3. The Labute approximate surface area is 307 Å². The number of likely N-dealkylation sites (N-methyl/N-ethyl adjacent to an activating group) is 1. The molecule has 16 heteroatoms. The molecule has 3 aromatic rings. The number of phosphoric acid groups is 1. The lowest BCUT2D eigenvalue weighted by atomic mass is 9.95. The van der Waals surface area contributed by atoms with Crippen molar-refractivity contribution in [1.29, 1.82) is 0 Å². The summed E-state index contributed by atoms with van der Waals surface area (Å²) in [6.45, 7) is 8.76. The summed E-state index contributed by atoms with van der Waals surface area (Å²) in [4.78, 5) is 78.4. The molecule has 2 aromatic carbocycles. The molecule has 7 atom stereocenters. The number of carbonyl (C=O) groups excluding carboxylic acids is 4. The van der Waals surface area contributed by atoms with Crippen molar-refractivity contribution in [1.82, 2.24) is 20.5 Å². The van der Waals surface area contributed by atoms with Gasteiger partial charge >= 0.3 is 13.8 Å². The Bertz CT molecular complexity index is 1860. The summed E-state index contributed by atoms with van der Waals surface area (Å²) < 4.78 is 27.7. The minimum atomic E-state index is -4.88. The number of H-pyrrole nitrogens is 1. The fourth-order valence-electron chi connectivity index (χ4n) is 6.25. The molecule has 0 saturated carbocycles. The van der Waals surface area contributed by atoms with Gasteiger partial charge in [0.1, 0.15) is 29.1 Å². The maximum Gasteiger partial charge on any atom is 0.524 e. The number of aromatic nitrogens is 1. The lowest BCUT2D eigenvalue weighted by Crippen LogP contribution is -2.56. The molecule has 0 fully saturated rings. The molecule has 282 valence electrons. The van der Waals surface area contributed by atoms with E-state index in [0.717, 1.165) is 16.5 Å². The Hall–Kier alpha value is -4.20. The van der Waals surface area contributed by atoms with Crippen molar-refractivity contribution in [3.05, 3.63) is 76.5 Å². The number of methoxy groups -OCH3 is 1. The van der Waals surface area contributed by atoms with Crippen LogP contribution in [0.2, 0.25) is 5.15 Å². The SMILES string of the molecule is CO[C@@H]1C(=O)O[C@H](C)[C@@H](C)C=C(C)C[C@H](C)C(=O)N[C@@H](C)C(=O)N(C)[C@H](Cc2c(Cl)[nH]c3ccccc23)C(=O)NC1c1ccc(OP(=O)(O)O)cc1. The first-order valence-corrected chi connectivity index (χ1v) is 18.7. The van der Waals surface area contributed by atoms with Crippen LogP contribution in [0, 0.1) is 11.8 Å². The van der Waals surface area contributed by atoms with Crippen LogP contribution in [0.1, 0.15) is 58.2 Å². The van der Waals surface area contributed by atoms with Gasteiger partial charge in [0.05, 0.1) is 6.04 Å². The van der Waals surface area contributed by atoms with E-state index in [4.69, 9.17) is 21.1 Å². The number of amides is 3. The first kappa shape index (κ1) is 40.6. The van der Waals surface area contributed by atoms with Crippen LogP contribution in [-0.4, -0.2) is 81.8 Å². The number of rotatable bonds is 6. The summed E-state index contributed by atoms with van der Waals surface area (Å²) >= 11 is 6.65. The van der Waals surface area contributed by atoms with E-state index in [1.807, 2.05) is 44.2 Å². The van der Waals surface area contributed by atoms with Crippen LogP contribution in [-0.2, 0) is 39.6 Å². The van der Waals surface area contributed by atoms with Gasteiger partial charge in [0.25, 0.3) is 0 Å². The molecule has 52 heavy (non-hydrogen) atoms. The third-order valence-electron chi connectivity index (χ3n) is 9.22. The van der Waals surface area contributed by atoms with E-state index in [1.165, 1.54) is 43.3 Å². The number of cyclic esters (lactones) is 1. The smallest absolute Gasteiger partial charge is 0.460 e. The number of hydrogen-bond donors (Lipinski definition) is 5. The molecule has 0 radical (unpaired) electrons. The zero-order valence-electron chi connectivity index (χ0n) is 30.1. The van der Waals surface area contributed by atoms with Crippen molar-refractivity contribution in [2.45, 2.75) is 77.8 Å². The van der Waals surface area contributed by atoms with Gasteiger partial charge in [-0.1, -0.05) is 67.4 Å². The number of para-hydroxylation sites is 1. The minimum absolute atomic E-state index is 0.0591. The molecule has 3 amide bonds. The molecule has 5 N–H and O–H groups in total. The quantitative estimate of drug-likeness (QED) is 0.135. The van der Waals surface area contributed by atoms with E-state index in [9.17, 15) is 33.5 Å². The Balaban J connectivity index is 1.83. The van der Waals surface area contributed by atoms with Gasteiger partial charge in [0.2, 0.25) is 17.7 Å². The van der Waals surface area contributed by atoms with E-state index in [2.05, 4.69) is 20.1 Å². The Morgan fingerprint density at radius 3 is 2.27 bits per heavy atom. The summed E-state index contributed by atoms with van der Waals surface area (Å²) in [6.07, 6.45) is 0.194. The van der Waals surface area contributed by atoms with Crippen molar-refractivity contribution >= 4 is 54.0 Å². The number of phosphoric ester groups is 1. The van der Waals surface area contributed by atoms with Crippen molar-refractivity contribution in [3.8, 4) is 5.75 Å². The number of halogens is 1. The number of nitrogens with zero attached hydrogens (tertiary/aromatic N) is 1. The molecule has 0 spiro atoms. The Kier molecular flexibility index (Phi) is 13.3. The number of nitrogens with one attached hydrogen (secondary N) is 3. The molecular weight excluding hydrogens is 715 g/mol. The van der Waals surface area contributed by atoms with Crippen molar-refractivity contribution in [3.63, 3.8) is 0 Å². The van der Waals surface area contributed by atoms with Gasteiger partial charge in [-0.05, 0) is 56.5 Å². The number of esters is 1. The van der Waals surface area contributed by atoms with Crippen LogP contribution < -0.4 is 15.2 Å². The largest absolute Gasteiger partial charge is 0.524 e. The number of carbonyl (C=O) groups is 4. The molecular formula is C36H46ClN4O10P. The fourth-order valence-corrected chi connectivity index (χ4v) is 6.93. The predicted octanol–water partition coefficient (Wildman–Crippen LogP) is 4.59. The van der Waals surface area contributed by atoms with Crippen LogP contribution in [0.5, 0.6) is 5.75 Å². The molecule has 1 aromatic heterocycles. The van der Waals surface area contributed by atoms with Crippen LogP contribution in [0.3, 0.4) is 0 Å². The fraction of sp³-hybridized carbons (Fsp3) is 0.444. The topological polar surface area (TPSA) is 197 Å².